The van der Waals surface area contributed by atoms with Gasteiger partial charge in [0.1, 0.15) is 5.78 Å². The van der Waals surface area contributed by atoms with Crippen LogP contribution >= 0.6 is 0 Å². The van der Waals surface area contributed by atoms with Crippen LogP contribution in [0.4, 0.5) is 0 Å². The maximum atomic E-state index is 12.7. The van der Waals surface area contributed by atoms with Gasteiger partial charge in [-0.15, -0.1) is 0 Å². The molecule has 20 heavy (non-hydrogen) atoms. The molecule has 0 spiro atoms. The zero-order chi connectivity index (χ0) is 15.0. The Labute approximate surface area is 121 Å². The molecule has 1 heterocycles. The molecule has 3 heteroatoms. The van der Waals surface area contributed by atoms with E-state index in [9.17, 15) is 4.79 Å². The summed E-state index contributed by atoms with van der Waals surface area (Å²) in [6.07, 6.45) is 1.23. The van der Waals surface area contributed by atoms with Crippen LogP contribution in [0, 0.1) is 5.92 Å². The predicted molar refractivity (Wildman–Crippen MR) is 80.4 cm³/mol. The van der Waals surface area contributed by atoms with Crippen molar-refractivity contribution in [1.82, 2.24) is 0 Å². The number of hydrogen-bond acceptors (Lipinski definition) is 3. The molecule has 0 bridgehead atoms. The third-order valence-electron chi connectivity index (χ3n) is 4.17. The summed E-state index contributed by atoms with van der Waals surface area (Å²) < 4.78 is 6.02. The summed E-state index contributed by atoms with van der Waals surface area (Å²) >= 11 is 0. The second kappa shape index (κ2) is 5.30. The molecule has 1 atom stereocenters. The number of nitrogens with two attached hydrogens (primary N) is 1. The Morgan fingerprint density at radius 1 is 1.25 bits per heavy atom. The molecular weight excluding hydrogens is 250 g/mol. The number of hydrogen-bond donors (Lipinski definition) is 1. The first kappa shape index (κ1) is 15.2. The van der Waals surface area contributed by atoms with Crippen LogP contribution in [0.1, 0.15) is 45.2 Å². The number of rotatable bonds is 4. The minimum Gasteiger partial charge on any atom is -0.369 e. The molecule has 0 radical (unpaired) electrons. The molecule has 2 rings (SSSR count). The van der Waals surface area contributed by atoms with Crippen molar-refractivity contribution < 1.29 is 9.53 Å². The first-order valence-corrected chi connectivity index (χ1v) is 7.25. The molecule has 1 aromatic rings. The largest absolute Gasteiger partial charge is 0.369 e. The zero-order valence-corrected chi connectivity index (χ0v) is 12.9. The molecule has 1 unspecified atom stereocenters. The molecular formula is C17H25NO2. The fraction of sp³-hybridized carbons (Fsp3) is 0.588. The van der Waals surface area contributed by atoms with Gasteiger partial charge in [0.15, 0.2) is 0 Å². The van der Waals surface area contributed by atoms with Crippen LogP contribution in [0.15, 0.2) is 24.3 Å². The second-order valence-electron chi connectivity index (χ2n) is 6.84. The number of ether oxygens (including phenoxy) is 1. The Hall–Kier alpha value is -1.19. The standard InChI is InChI=1S/C17H25NO2/c1-16(2)10-14(17(3,4)20-16)15(19)9-12-7-5-6-8-13(12)11-18/h5-8,14H,9-11,18H2,1-4H3. The molecule has 1 fully saturated rings. The summed E-state index contributed by atoms with van der Waals surface area (Å²) in [6.45, 7) is 8.60. The molecule has 0 aromatic heterocycles. The van der Waals surface area contributed by atoms with Gasteiger partial charge < -0.3 is 10.5 Å². The molecule has 0 amide bonds. The first-order chi connectivity index (χ1) is 9.25. The lowest BCUT2D eigenvalue weighted by Crippen LogP contribution is -2.34. The Kier molecular flexibility index (Phi) is 4.03. The number of carbonyl (C=O) groups excluding carboxylic acids is 1. The van der Waals surface area contributed by atoms with Crippen LogP contribution < -0.4 is 5.73 Å². The highest BCUT2D eigenvalue weighted by Gasteiger charge is 2.48. The van der Waals surface area contributed by atoms with Crippen LogP contribution in [0.25, 0.3) is 0 Å². The van der Waals surface area contributed by atoms with E-state index in [2.05, 4.69) is 13.8 Å². The van der Waals surface area contributed by atoms with Crippen molar-refractivity contribution in [2.75, 3.05) is 0 Å². The Balaban J connectivity index is 2.16. The maximum absolute atomic E-state index is 12.7. The average Bonchev–Trinajstić information content (AvgIpc) is 2.58. The molecule has 2 N–H and O–H groups in total. The van der Waals surface area contributed by atoms with Gasteiger partial charge in [0.25, 0.3) is 0 Å². The summed E-state index contributed by atoms with van der Waals surface area (Å²) in [5, 5.41) is 0. The normalized spacial score (nSPS) is 23.8. The highest BCUT2D eigenvalue weighted by atomic mass is 16.5. The van der Waals surface area contributed by atoms with Gasteiger partial charge >= 0.3 is 0 Å². The maximum Gasteiger partial charge on any atom is 0.143 e. The Bertz CT molecular complexity index is 505. The van der Waals surface area contributed by atoms with E-state index in [0.29, 0.717) is 13.0 Å². The summed E-state index contributed by atoms with van der Waals surface area (Å²) in [6, 6.07) is 7.90. The van der Waals surface area contributed by atoms with Gasteiger partial charge in [-0.1, -0.05) is 24.3 Å². The van der Waals surface area contributed by atoms with Crippen molar-refractivity contribution in [2.45, 2.75) is 58.3 Å². The quantitative estimate of drug-likeness (QED) is 0.919. The smallest absolute Gasteiger partial charge is 0.143 e. The van der Waals surface area contributed by atoms with Crippen LogP contribution in [-0.2, 0) is 22.5 Å². The van der Waals surface area contributed by atoms with Gasteiger partial charge in [0, 0.05) is 18.9 Å². The molecule has 110 valence electrons. The van der Waals surface area contributed by atoms with Gasteiger partial charge in [-0.3, -0.25) is 4.79 Å². The Morgan fingerprint density at radius 3 is 2.35 bits per heavy atom. The molecule has 0 aliphatic carbocycles. The van der Waals surface area contributed by atoms with Crippen molar-refractivity contribution in [3.63, 3.8) is 0 Å². The highest BCUT2D eigenvalue weighted by molar-refractivity contribution is 5.85. The second-order valence-corrected chi connectivity index (χ2v) is 6.84. The number of ketones is 1. The average molecular weight is 275 g/mol. The monoisotopic (exact) mass is 275 g/mol. The molecule has 1 saturated heterocycles. The van der Waals surface area contributed by atoms with Crippen molar-refractivity contribution in [1.29, 1.82) is 0 Å². The third kappa shape index (κ3) is 3.10. The van der Waals surface area contributed by atoms with Gasteiger partial charge in [-0.2, -0.15) is 0 Å². The van der Waals surface area contributed by atoms with E-state index in [1.54, 1.807) is 0 Å². The summed E-state index contributed by atoms with van der Waals surface area (Å²) in [4.78, 5) is 12.7. The summed E-state index contributed by atoms with van der Waals surface area (Å²) in [5.74, 6) is 0.199. The highest BCUT2D eigenvalue weighted by Crippen LogP contribution is 2.42. The van der Waals surface area contributed by atoms with Gasteiger partial charge in [0.2, 0.25) is 0 Å². The topological polar surface area (TPSA) is 52.3 Å². The van der Waals surface area contributed by atoms with E-state index >= 15 is 0 Å². The van der Waals surface area contributed by atoms with Crippen LogP contribution in [0.5, 0.6) is 0 Å². The van der Waals surface area contributed by atoms with E-state index in [1.165, 1.54) is 0 Å². The fourth-order valence-electron chi connectivity index (χ4n) is 3.30. The zero-order valence-electron chi connectivity index (χ0n) is 12.9. The van der Waals surface area contributed by atoms with Crippen LogP contribution in [-0.4, -0.2) is 17.0 Å². The van der Waals surface area contributed by atoms with Gasteiger partial charge in [0.05, 0.1) is 11.2 Å². The van der Waals surface area contributed by atoms with E-state index in [1.807, 2.05) is 38.1 Å². The van der Waals surface area contributed by atoms with Crippen molar-refractivity contribution in [2.24, 2.45) is 11.7 Å². The predicted octanol–water partition coefficient (Wildman–Crippen LogP) is 2.85. The lowest BCUT2D eigenvalue weighted by Gasteiger charge is -2.26. The fourth-order valence-corrected chi connectivity index (χ4v) is 3.30. The lowest BCUT2D eigenvalue weighted by atomic mass is 9.81. The van der Waals surface area contributed by atoms with E-state index < -0.39 is 5.60 Å². The van der Waals surface area contributed by atoms with Gasteiger partial charge in [-0.25, -0.2) is 0 Å². The first-order valence-electron chi connectivity index (χ1n) is 7.25. The number of carbonyl (C=O) groups is 1. The van der Waals surface area contributed by atoms with Crippen molar-refractivity contribution in [3.8, 4) is 0 Å². The van der Waals surface area contributed by atoms with Crippen LogP contribution in [0.2, 0.25) is 0 Å². The van der Waals surface area contributed by atoms with Crippen molar-refractivity contribution >= 4 is 5.78 Å². The summed E-state index contributed by atoms with van der Waals surface area (Å²) in [5.41, 5.74) is 7.22. The van der Waals surface area contributed by atoms with E-state index in [0.717, 1.165) is 17.5 Å². The lowest BCUT2D eigenvalue weighted by molar-refractivity contribution is -0.128. The van der Waals surface area contributed by atoms with Crippen LogP contribution in [0.3, 0.4) is 0 Å². The van der Waals surface area contributed by atoms with E-state index in [-0.39, 0.29) is 17.3 Å². The third-order valence-corrected chi connectivity index (χ3v) is 4.17. The molecule has 3 nitrogen and oxygen atoms in total. The SMILES string of the molecule is CC1(C)CC(C(=O)Cc2ccccc2CN)C(C)(C)O1. The van der Waals surface area contributed by atoms with Gasteiger partial charge in [-0.05, 0) is 45.2 Å². The number of benzene rings is 1. The van der Waals surface area contributed by atoms with Crippen molar-refractivity contribution in [3.05, 3.63) is 35.4 Å². The molecule has 1 aliphatic rings. The Morgan fingerprint density at radius 2 is 1.85 bits per heavy atom. The molecule has 1 aromatic carbocycles. The minimum atomic E-state index is -0.391. The molecule has 0 saturated carbocycles. The van der Waals surface area contributed by atoms with E-state index in [4.69, 9.17) is 10.5 Å². The summed E-state index contributed by atoms with van der Waals surface area (Å²) in [7, 11) is 0. The minimum absolute atomic E-state index is 0.0525. The molecule has 1 aliphatic heterocycles. The number of Topliss-reactive ketones (excluding diaryl/α,β-unsaturated/α-hetero) is 1.